The van der Waals surface area contributed by atoms with Gasteiger partial charge in [0.2, 0.25) is 23.6 Å². The number of aldehydes is 3. The van der Waals surface area contributed by atoms with Crippen molar-refractivity contribution >= 4 is 72.2 Å². The average molecular weight is 1470 g/mol. The first-order chi connectivity index (χ1) is 49.2. The number of nitrogens with two attached hydrogens (primary N) is 1. The maximum Gasteiger partial charge on any atom is 0.305 e. The fraction of sp³-hybridized carbons (Fsp3) is 0.797. The van der Waals surface area contributed by atoms with Crippen LogP contribution in [0.3, 0.4) is 0 Å². The summed E-state index contributed by atoms with van der Waals surface area (Å²) in [5, 5.41) is 60.6. The third-order valence-corrected chi connectivity index (χ3v) is 16.6. The van der Waals surface area contributed by atoms with Gasteiger partial charge in [-0.3, -0.25) is 68.5 Å². The molecule has 33 nitrogen and oxygen atoms in total. The molecule has 0 aromatic carbocycles. The van der Waals surface area contributed by atoms with E-state index in [0.29, 0.717) is 136 Å². The Bertz CT molecular complexity index is 2300. The predicted octanol–water partition coefficient (Wildman–Crippen LogP) is 0.0114. The minimum atomic E-state index is -0.811. The molecule has 33 heteroatoms. The molecule has 0 aromatic rings. The van der Waals surface area contributed by atoms with Gasteiger partial charge in [0.15, 0.2) is 0 Å². The first-order valence-electron chi connectivity index (χ1n) is 35.4. The Morgan fingerprint density at radius 3 is 0.980 bits per heavy atom. The lowest BCUT2D eigenvalue weighted by atomic mass is 9.83. The zero-order valence-corrected chi connectivity index (χ0v) is 60.5. The van der Waals surface area contributed by atoms with Crippen LogP contribution in [0.1, 0.15) is 167 Å². The molecule has 2 unspecified atom stereocenters. The molecule has 0 aliphatic carbocycles. The molecule has 0 radical (unpaired) electrons. The third-order valence-electron chi connectivity index (χ3n) is 16.6. The van der Waals surface area contributed by atoms with Gasteiger partial charge < -0.3 is 93.4 Å². The van der Waals surface area contributed by atoms with Crippen molar-refractivity contribution in [2.75, 3.05) is 160 Å². The number of methoxy groups -OCH3 is 3. The number of ether oxygens (including phenoxy) is 9. The molecule has 3 rings (SSSR count). The Hall–Kier alpha value is -6.02. The summed E-state index contributed by atoms with van der Waals surface area (Å²) >= 11 is 0. The van der Waals surface area contributed by atoms with Crippen molar-refractivity contribution in [1.82, 2.24) is 25.3 Å². The van der Waals surface area contributed by atoms with Gasteiger partial charge in [-0.05, 0) is 116 Å². The number of hydrogen-bond donors (Lipinski definition) is 9. The van der Waals surface area contributed by atoms with Crippen LogP contribution >= 0.6 is 0 Å². The van der Waals surface area contributed by atoms with Gasteiger partial charge in [-0.25, -0.2) is 0 Å². The maximum atomic E-state index is 12.9. The van der Waals surface area contributed by atoms with Crippen LogP contribution in [-0.4, -0.2) is 306 Å². The smallest absolute Gasteiger partial charge is 0.305 e. The van der Waals surface area contributed by atoms with Gasteiger partial charge in [0, 0.05) is 148 Å². The van der Waals surface area contributed by atoms with E-state index in [1.807, 2.05) is 0 Å². The van der Waals surface area contributed by atoms with Crippen LogP contribution in [0.5, 0.6) is 0 Å². The number of aliphatic hydroxyl groups is 6. The second-order valence-corrected chi connectivity index (χ2v) is 24.5. The fourth-order valence-electron chi connectivity index (χ4n) is 11.3. The summed E-state index contributed by atoms with van der Waals surface area (Å²) in [6.07, 6.45) is 15.0. The molecular formula is C69H120N6O27. The Balaban J connectivity index is 0.00000141. The molecule has 588 valence electrons. The predicted molar refractivity (Wildman–Crippen MR) is 367 cm³/mol. The second kappa shape index (κ2) is 61.3. The van der Waals surface area contributed by atoms with E-state index in [-0.39, 0.29) is 191 Å². The molecule has 0 bridgehead atoms. The molecule has 0 spiro atoms. The molecular weight excluding hydrogens is 1340 g/mol. The minimum Gasteiger partial charge on any atom is -0.463 e. The van der Waals surface area contributed by atoms with Crippen molar-refractivity contribution in [1.29, 1.82) is 0 Å². The number of aliphatic hydroxyl groups excluding tert-OH is 6. The summed E-state index contributed by atoms with van der Waals surface area (Å²) in [4.78, 5) is 145. The highest BCUT2D eigenvalue weighted by molar-refractivity contribution is 6.13. The van der Waals surface area contributed by atoms with Gasteiger partial charge in [-0.15, -0.1) is 0 Å². The molecule has 102 heavy (non-hydrogen) atoms. The summed E-state index contributed by atoms with van der Waals surface area (Å²) in [6, 6.07) is -1.52. The highest BCUT2D eigenvalue weighted by atomic mass is 16.6. The normalized spacial score (nSPS) is 15.3. The molecule has 0 saturated carbocycles. The molecule has 2 saturated heterocycles. The summed E-state index contributed by atoms with van der Waals surface area (Å²) in [7, 11) is 4.71. The number of imide groups is 3. The molecule has 2 atom stereocenters. The topological polar surface area (TPSA) is 469 Å². The summed E-state index contributed by atoms with van der Waals surface area (Å²) in [5.41, 5.74) is 4.44. The van der Waals surface area contributed by atoms with Gasteiger partial charge in [-0.2, -0.15) is 0 Å². The lowest BCUT2D eigenvalue weighted by Gasteiger charge is -2.37. The van der Waals surface area contributed by atoms with Gasteiger partial charge >= 0.3 is 17.9 Å². The van der Waals surface area contributed by atoms with E-state index in [9.17, 15) is 72.9 Å². The Morgan fingerprint density at radius 2 is 0.696 bits per heavy atom. The summed E-state index contributed by atoms with van der Waals surface area (Å²) in [6.45, 7) is 4.83. The Kier molecular flexibility index (Phi) is 57.7. The number of esters is 3. The molecule has 2 fully saturated rings. The van der Waals surface area contributed by atoms with Gasteiger partial charge in [0.05, 0.1) is 84.4 Å². The summed E-state index contributed by atoms with van der Waals surface area (Å²) < 4.78 is 45.1. The van der Waals surface area contributed by atoms with Gasteiger partial charge in [0.25, 0.3) is 11.8 Å². The molecule has 0 aromatic heterocycles. The van der Waals surface area contributed by atoms with Crippen LogP contribution in [0.15, 0.2) is 12.2 Å². The van der Waals surface area contributed by atoms with Crippen LogP contribution in [0.4, 0.5) is 0 Å². The van der Waals surface area contributed by atoms with Crippen molar-refractivity contribution in [3.63, 3.8) is 0 Å². The highest BCUT2D eigenvalue weighted by Gasteiger charge is 2.44. The Morgan fingerprint density at radius 1 is 0.422 bits per heavy atom. The van der Waals surface area contributed by atoms with Crippen LogP contribution in [0.2, 0.25) is 0 Å². The number of carbonyl (C=O) groups excluding carboxylic acids is 12. The van der Waals surface area contributed by atoms with Crippen molar-refractivity contribution < 1.29 is 131 Å². The minimum absolute atomic E-state index is 0.0132. The zero-order chi connectivity index (χ0) is 76.1. The number of nitrogens with zero attached hydrogens (tertiary/aromatic N) is 3. The van der Waals surface area contributed by atoms with E-state index in [1.165, 1.54) is 17.1 Å². The lowest BCUT2D eigenvalue weighted by Crippen LogP contribution is -2.53. The van der Waals surface area contributed by atoms with Crippen LogP contribution in [-0.2, 0) is 100 Å². The van der Waals surface area contributed by atoms with E-state index in [2.05, 4.69) is 10.6 Å². The van der Waals surface area contributed by atoms with Crippen molar-refractivity contribution in [3.8, 4) is 0 Å². The van der Waals surface area contributed by atoms with Crippen LogP contribution < -0.4 is 16.4 Å². The number of amides is 6. The second-order valence-electron chi connectivity index (χ2n) is 24.5. The Labute approximate surface area is 599 Å². The van der Waals surface area contributed by atoms with Crippen molar-refractivity contribution in [3.05, 3.63) is 12.2 Å². The number of carbonyl (C=O) groups is 12. The number of rotatable bonds is 61. The summed E-state index contributed by atoms with van der Waals surface area (Å²) in [5.74, 6) is -3.33. The van der Waals surface area contributed by atoms with Crippen LogP contribution in [0, 0.1) is 0 Å². The SMILES string of the molecule is COCCOCCOC(=O)CCCN1C(=O)C=CC1=O.COCCOCCOC(=O)CCCN1C(=O)CC(NC(CCC=O)(CCC=O)CCC=O)C1=O.COCCOCCOC(=O)CCCN1C(=O)CC(NC(CCCO)(CCCO)CCCO)C1=O.NC(CCCO)(CCCO)CCCO. The standard InChI is InChI=1S/C23H42N2O9.C23H36N2O9.C13H19NO6.C10H23NO3/c2*1-32-14-15-33-16-17-34-21(30)6-2-10-25-20(29)18-19(22(25)31)24-23(7-3-11-26,8-4-12-27)9-5-13-28;1-18-7-8-19-9-10-20-13(17)3-2-6-14-11(15)4-5-12(14)16;11-10(4-1-7-12,5-2-8-13)6-3-9-14/h19,24,26-28H,2-18H2,1H3;11-13,19,24H,2-10,14-18H2,1H3;4-5H,2-3,6-10H2,1H3;12-14H,1-9,11H2. The lowest BCUT2D eigenvalue weighted by molar-refractivity contribution is -0.147. The van der Waals surface area contributed by atoms with E-state index in [4.69, 9.17) is 63.7 Å². The molecule has 3 heterocycles. The average Bonchev–Trinajstić information content (AvgIpc) is 1.66. The number of likely N-dealkylation sites (tertiary alicyclic amines) is 2. The highest BCUT2D eigenvalue weighted by Crippen LogP contribution is 2.30. The molecule has 10 N–H and O–H groups in total. The van der Waals surface area contributed by atoms with E-state index < -0.39 is 41.0 Å². The first kappa shape index (κ1) is 96.0. The van der Waals surface area contributed by atoms with Crippen LogP contribution in [0.25, 0.3) is 0 Å². The molecule has 3 aliphatic heterocycles. The van der Waals surface area contributed by atoms with Crippen molar-refractivity contribution in [2.45, 2.75) is 196 Å². The maximum absolute atomic E-state index is 12.9. The van der Waals surface area contributed by atoms with E-state index >= 15 is 0 Å². The third kappa shape index (κ3) is 43.9. The zero-order valence-electron chi connectivity index (χ0n) is 60.5. The quantitative estimate of drug-likeness (QED) is 0.0127. The number of nitrogens with one attached hydrogen (secondary N) is 2. The van der Waals surface area contributed by atoms with Gasteiger partial charge in [0.1, 0.15) is 38.7 Å². The van der Waals surface area contributed by atoms with E-state index in [1.54, 1.807) is 21.3 Å². The van der Waals surface area contributed by atoms with Gasteiger partial charge in [-0.1, -0.05) is 0 Å². The molecule has 6 amide bonds. The van der Waals surface area contributed by atoms with Crippen molar-refractivity contribution in [2.24, 2.45) is 5.73 Å². The number of hydrogen-bond acceptors (Lipinski definition) is 30. The largest absolute Gasteiger partial charge is 0.463 e. The fourth-order valence-corrected chi connectivity index (χ4v) is 11.3. The van der Waals surface area contributed by atoms with E-state index in [0.717, 1.165) is 47.9 Å². The molecule has 3 aliphatic rings. The first-order valence-corrected chi connectivity index (χ1v) is 35.4. The monoisotopic (exact) mass is 1460 g/mol.